The van der Waals surface area contributed by atoms with Crippen molar-refractivity contribution in [1.82, 2.24) is 10.2 Å². The standard InChI is InChI=1S/C15H8Cl2F2N4O3S2/c16-7-1-3-9(10(17)5-7)13(24)20-14-21-22-15(27-14)28(25,26)23-8-2-4-11(18)12(19)6-8/h1-6,23H,(H,20,21,24). The van der Waals surface area contributed by atoms with E-state index in [1.807, 2.05) is 4.72 Å². The van der Waals surface area contributed by atoms with Gasteiger partial charge in [-0.3, -0.25) is 14.8 Å². The van der Waals surface area contributed by atoms with Crippen LogP contribution in [0.15, 0.2) is 40.7 Å². The number of amides is 1. The van der Waals surface area contributed by atoms with E-state index < -0.39 is 31.9 Å². The lowest BCUT2D eigenvalue weighted by Gasteiger charge is -2.05. The van der Waals surface area contributed by atoms with Crippen molar-refractivity contribution in [3.8, 4) is 0 Å². The van der Waals surface area contributed by atoms with Gasteiger partial charge in [0.2, 0.25) is 5.13 Å². The molecule has 7 nitrogen and oxygen atoms in total. The molecular formula is C15H8Cl2F2N4O3S2. The van der Waals surface area contributed by atoms with Gasteiger partial charge in [-0.05, 0) is 30.3 Å². The van der Waals surface area contributed by atoms with Crippen molar-refractivity contribution >= 4 is 61.3 Å². The molecule has 13 heteroatoms. The maximum atomic E-state index is 13.2. The zero-order valence-corrected chi connectivity index (χ0v) is 16.6. The third kappa shape index (κ3) is 4.55. The van der Waals surface area contributed by atoms with Crippen molar-refractivity contribution in [1.29, 1.82) is 0 Å². The molecule has 2 N–H and O–H groups in total. The van der Waals surface area contributed by atoms with E-state index in [0.29, 0.717) is 22.4 Å². The topological polar surface area (TPSA) is 101 Å². The van der Waals surface area contributed by atoms with Crippen molar-refractivity contribution in [2.75, 3.05) is 10.0 Å². The van der Waals surface area contributed by atoms with E-state index in [-0.39, 0.29) is 21.4 Å². The van der Waals surface area contributed by atoms with Gasteiger partial charge in [0.15, 0.2) is 11.6 Å². The second-order valence-electron chi connectivity index (χ2n) is 5.19. The number of aromatic nitrogens is 2. The predicted molar refractivity (Wildman–Crippen MR) is 101 cm³/mol. The molecule has 146 valence electrons. The van der Waals surface area contributed by atoms with Gasteiger partial charge in [-0.15, -0.1) is 10.2 Å². The van der Waals surface area contributed by atoms with E-state index >= 15 is 0 Å². The lowest BCUT2D eigenvalue weighted by atomic mass is 10.2. The number of hydrogen-bond donors (Lipinski definition) is 2. The molecule has 0 aliphatic heterocycles. The normalized spacial score (nSPS) is 11.3. The highest BCUT2D eigenvalue weighted by molar-refractivity contribution is 7.94. The third-order valence-corrected chi connectivity index (χ3v) is 6.34. The van der Waals surface area contributed by atoms with Gasteiger partial charge in [0.05, 0.1) is 16.3 Å². The Kier molecular flexibility index (Phi) is 5.79. The number of hydrogen-bond acceptors (Lipinski definition) is 6. The number of rotatable bonds is 5. The van der Waals surface area contributed by atoms with Gasteiger partial charge in [-0.1, -0.05) is 34.5 Å². The molecule has 0 saturated carbocycles. The first kappa shape index (κ1) is 20.4. The van der Waals surface area contributed by atoms with Crippen molar-refractivity contribution in [3.05, 3.63) is 63.6 Å². The summed E-state index contributed by atoms with van der Waals surface area (Å²) < 4.78 is 52.3. The van der Waals surface area contributed by atoms with Gasteiger partial charge in [0.25, 0.3) is 20.3 Å². The second-order valence-corrected chi connectivity index (χ2v) is 8.86. The van der Waals surface area contributed by atoms with Gasteiger partial charge in [0, 0.05) is 11.1 Å². The summed E-state index contributed by atoms with van der Waals surface area (Å²) in [5.41, 5.74) is -0.0989. The Bertz CT molecular complexity index is 1170. The van der Waals surface area contributed by atoms with Crippen LogP contribution in [0.1, 0.15) is 10.4 Å². The fourth-order valence-electron chi connectivity index (χ4n) is 1.97. The molecule has 0 radical (unpaired) electrons. The molecule has 3 rings (SSSR count). The van der Waals surface area contributed by atoms with E-state index in [9.17, 15) is 22.0 Å². The first-order valence-electron chi connectivity index (χ1n) is 7.23. The molecule has 3 aromatic rings. The maximum Gasteiger partial charge on any atom is 0.291 e. The van der Waals surface area contributed by atoms with Crippen LogP contribution >= 0.6 is 34.5 Å². The Morgan fingerprint density at radius 2 is 1.79 bits per heavy atom. The molecule has 0 bridgehead atoms. The average molecular weight is 465 g/mol. The SMILES string of the molecule is O=C(Nc1nnc(S(=O)(=O)Nc2ccc(F)c(F)c2)s1)c1ccc(Cl)cc1Cl. The van der Waals surface area contributed by atoms with Gasteiger partial charge in [0.1, 0.15) is 0 Å². The zero-order valence-electron chi connectivity index (χ0n) is 13.4. The summed E-state index contributed by atoms with van der Waals surface area (Å²) in [4.78, 5) is 12.2. The minimum Gasteiger partial charge on any atom is -0.296 e. The van der Waals surface area contributed by atoms with Gasteiger partial charge < -0.3 is 0 Å². The first-order valence-corrected chi connectivity index (χ1v) is 10.3. The highest BCUT2D eigenvalue weighted by atomic mass is 35.5. The van der Waals surface area contributed by atoms with E-state index in [1.165, 1.54) is 18.2 Å². The number of nitrogens with zero attached hydrogens (tertiary/aromatic N) is 2. The van der Waals surface area contributed by atoms with Crippen LogP contribution in [-0.2, 0) is 10.0 Å². The molecule has 1 heterocycles. The highest BCUT2D eigenvalue weighted by Crippen LogP contribution is 2.25. The Balaban J connectivity index is 1.77. The van der Waals surface area contributed by atoms with E-state index in [1.54, 1.807) is 0 Å². The van der Waals surface area contributed by atoms with Crippen molar-refractivity contribution in [3.63, 3.8) is 0 Å². The van der Waals surface area contributed by atoms with Crippen LogP contribution in [0.4, 0.5) is 19.6 Å². The Morgan fingerprint density at radius 3 is 2.46 bits per heavy atom. The third-order valence-electron chi connectivity index (χ3n) is 3.20. The summed E-state index contributed by atoms with van der Waals surface area (Å²) in [6.45, 7) is 0. The first-order chi connectivity index (χ1) is 13.2. The summed E-state index contributed by atoms with van der Waals surface area (Å²) in [5, 5.41) is 9.77. The molecule has 0 spiro atoms. The van der Waals surface area contributed by atoms with Crippen LogP contribution in [0.25, 0.3) is 0 Å². The van der Waals surface area contributed by atoms with Crippen molar-refractivity contribution < 1.29 is 22.0 Å². The fraction of sp³-hybridized carbons (Fsp3) is 0. The Hall–Kier alpha value is -2.34. The smallest absolute Gasteiger partial charge is 0.291 e. The van der Waals surface area contributed by atoms with Crippen LogP contribution in [0.3, 0.4) is 0 Å². The number of nitrogens with one attached hydrogen (secondary N) is 2. The number of benzene rings is 2. The number of anilines is 2. The minimum absolute atomic E-state index is 0.0994. The van der Waals surface area contributed by atoms with Gasteiger partial charge in [-0.2, -0.15) is 8.42 Å². The molecule has 2 aromatic carbocycles. The van der Waals surface area contributed by atoms with Crippen molar-refractivity contribution in [2.24, 2.45) is 0 Å². The monoisotopic (exact) mass is 464 g/mol. The van der Waals surface area contributed by atoms with Crippen LogP contribution in [0, 0.1) is 11.6 Å². The van der Waals surface area contributed by atoms with Crippen LogP contribution < -0.4 is 10.0 Å². The Labute approximate surface area is 171 Å². The molecule has 0 fully saturated rings. The Morgan fingerprint density at radius 1 is 1.04 bits per heavy atom. The molecule has 0 aliphatic rings. The van der Waals surface area contributed by atoms with Crippen LogP contribution in [0.2, 0.25) is 10.0 Å². The van der Waals surface area contributed by atoms with E-state index in [2.05, 4.69) is 15.5 Å². The number of carbonyl (C=O) groups excluding carboxylic acids is 1. The highest BCUT2D eigenvalue weighted by Gasteiger charge is 2.22. The van der Waals surface area contributed by atoms with Crippen molar-refractivity contribution in [2.45, 2.75) is 4.34 Å². The molecule has 1 amide bonds. The van der Waals surface area contributed by atoms with Crippen LogP contribution in [0.5, 0.6) is 0 Å². The lowest BCUT2D eigenvalue weighted by Crippen LogP contribution is -2.13. The molecule has 0 saturated heterocycles. The molecule has 1 aromatic heterocycles. The number of sulfonamides is 1. The summed E-state index contributed by atoms with van der Waals surface area (Å²) in [5.74, 6) is -2.98. The van der Waals surface area contributed by atoms with Gasteiger partial charge >= 0.3 is 0 Å². The van der Waals surface area contributed by atoms with E-state index in [4.69, 9.17) is 23.2 Å². The van der Waals surface area contributed by atoms with E-state index in [0.717, 1.165) is 12.1 Å². The summed E-state index contributed by atoms with van der Waals surface area (Å²) in [6.07, 6.45) is 0. The predicted octanol–water partition coefficient (Wildman–Crippen LogP) is 4.18. The number of carbonyl (C=O) groups is 1. The molecular weight excluding hydrogens is 457 g/mol. The maximum absolute atomic E-state index is 13.2. The molecule has 0 unspecified atom stereocenters. The number of halogens is 4. The molecule has 0 atom stereocenters. The zero-order chi connectivity index (χ0) is 20.5. The molecule has 28 heavy (non-hydrogen) atoms. The minimum atomic E-state index is -4.23. The largest absolute Gasteiger partial charge is 0.296 e. The van der Waals surface area contributed by atoms with Crippen LogP contribution in [-0.4, -0.2) is 24.5 Å². The lowest BCUT2D eigenvalue weighted by molar-refractivity contribution is 0.102. The average Bonchev–Trinajstić information content (AvgIpc) is 3.07. The summed E-state index contributed by atoms with van der Waals surface area (Å²) in [7, 11) is -4.23. The fourth-order valence-corrected chi connectivity index (χ4v) is 4.41. The second kappa shape index (κ2) is 7.95. The molecule has 0 aliphatic carbocycles. The summed E-state index contributed by atoms with van der Waals surface area (Å²) >= 11 is 12.3. The summed E-state index contributed by atoms with van der Waals surface area (Å²) in [6, 6.07) is 6.73. The van der Waals surface area contributed by atoms with Gasteiger partial charge in [-0.25, -0.2) is 8.78 Å². The quantitative estimate of drug-likeness (QED) is 0.551.